The summed E-state index contributed by atoms with van der Waals surface area (Å²) in [4.78, 5) is 26.9. The third-order valence-corrected chi connectivity index (χ3v) is 13.0. The number of aliphatic hydroxyl groups is 1. The van der Waals surface area contributed by atoms with Gasteiger partial charge in [-0.2, -0.15) is 0 Å². The molecular formula is C41H58NO4Se-. The van der Waals surface area contributed by atoms with E-state index in [9.17, 15) is 19.8 Å². The van der Waals surface area contributed by atoms with Crippen molar-refractivity contribution >= 4 is 36.8 Å². The van der Waals surface area contributed by atoms with Gasteiger partial charge < -0.3 is 0 Å². The Morgan fingerprint density at radius 1 is 0.851 bits per heavy atom. The normalized spacial score (nSPS) is 19.6. The van der Waals surface area contributed by atoms with Crippen molar-refractivity contribution in [3.8, 4) is 0 Å². The molecule has 47 heavy (non-hydrogen) atoms. The van der Waals surface area contributed by atoms with E-state index in [1.54, 1.807) is 39.8 Å². The Kier molecular flexibility index (Phi) is 14.7. The molecule has 0 aromatic heterocycles. The van der Waals surface area contributed by atoms with Crippen LogP contribution in [0.2, 0.25) is 0 Å². The van der Waals surface area contributed by atoms with Gasteiger partial charge in [0.05, 0.1) is 0 Å². The van der Waals surface area contributed by atoms with E-state index in [-0.39, 0.29) is 18.1 Å². The summed E-state index contributed by atoms with van der Waals surface area (Å²) in [6.45, 7) is 16.3. The fourth-order valence-electron chi connectivity index (χ4n) is 6.56. The van der Waals surface area contributed by atoms with Gasteiger partial charge in [0.15, 0.2) is 0 Å². The SMILES string of the molecule is CC1=C(C)C([O-])([Se]c2ccccc2C(=O)Nc2ccccc2)C(C)=C(CC(C)(O)CCCC(C)CCCC(C)CCCC(C)C)C1=O. The third-order valence-electron chi connectivity index (χ3n) is 9.88. The maximum absolute atomic E-state index is 14.8. The standard InChI is InChI=1S/C41H58NO4Se/c1-28(2)17-14-18-29(3)19-15-20-30(4)21-16-26-40(8,45)27-36-33(7)41(46,32(6)31(5)38(36)43)47-37-25-13-12-24-35(37)39(44)42-34-22-10-9-11-23-34/h9-13,22-25,28-30,45H,14-21,26-27H2,1-8H3,(H,42,44)/q-1. The van der Waals surface area contributed by atoms with Crippen LogP contribution in [-0.4, -0.2) is 41.9 Å². The number of rotatable bonds is 18. The van der Waals surface area contributed by atoms with Crippen molar-refractivity contribution in [3.63, 3.8) is 0 Å². The molecule has 0 spiro atoms. The first-order valence-corrected chi connectivity index (χ1v) is 19.4. The first-order valence-electron chi connectivity index (χ1n) is 17.6. The number of anilines is 1. The Bertz CT molecular complexity index is 1410. The van der Waals surface area contributed by atoms with Gasteiger partial charge in [-0.15, -0.1) is 0 Å². The molecule has 6 heteroatoms. The van der Waals surface area contributed by atoms with Gasteiger partial charge in [0.2, 0.25) is 0 Å². The van der Waals surface area contributed by atoms with Crippen molar-refractivity contribution in [1.82, 2.24) is 0 Å². The van der Waals surface area contributed by atoms with Gasteiger partial charge in [0.25, 0.3) is 0 Å². The van der Waals surface area contributed by atoms with E-state index in [1.807, 2.05) is 42.5 Å². The van der Waals surface area contributed by atoms with Gasteiger partial charge in [-0.25, -0.2) is 0 Å². The summed E-state index contributed by atoms with van der Waals surface area (Å²) >= 11 is -0.730. The van der Waals surface area contributed by atoms with E-state index in [4.69, 9.17) is 0 Å². The van der Waals surface area contributed by atoms with Crippen LogP contribution < -0.4 is 14.9 Å². The summed E-state index contributed by atoms with van der Waals surface area (Å²) < 4.78 is -0.950. The van der Waals surface area contributed by atoms with Crippen LogP contribution in [0.5, 0.6) is 0 Å². The molecule has 2 N–H and O–H groups in total. The Morgan fingerprint density at radius 2 is 1.40 bits per heavy atom. The minimum atomic E-state index is -1.64. The number of benzene rings is 2. The Labute approximate surface area is 290 Å². The van der Waals surface area contributed by atoms with E-state index in [0.29, 0.717) is 50.3 Å². The average molecular weight is 708 g/mol. The Morgan fingerprint density at radius 3 is 2.02 bits per heavy atom. The van der Waals surface area contributed by atoms with Gasteiger partial charge >= 0.3 is 240 Å². The number of nitrogens with one attached hydrogen (secondary N) is 1. The second-order valence-corrected chi connectivity index (χ2v) is 17.3. The predicted octanol–water partition coefficient (Wildman–Crippen LogP) is 8.14. The van der Waals surface area contributed by atoms with Crippen LogP contribution in [0.25, 0.3) is 0 Å². The van der Waals surface area contributed by atoms with Crippen LogP contribution in [0.3, 0.4) is 0 Å². The number of Topliss-reactive ketones (excluding diaryl/α,β-unsaturated/α-hetero) is 1. The minimum absolute atomic E-state index is 0.145. The number of amides is 1. The first-order chi connectivity index (χ1) is 22.1. The molecule has 1 aliphatic carbocycles. The van der Waals surface area contributed by atoms with E-state index in [0.717, 1.165) is 24.7 Å². The molecule has 4 atom stereocenters. The van der Waals surface area contributed by atoms with Crippen LogP contribution >= 0.6 is 0 Å². The van der Waals surface area contributed by atoms with Gasteiger partial charge in [-0.05, 0) is 11.8 Å². The summed E-state index contributed by atoms with van der Waals surface area (Å²) in [5, 5.41) is 29.3. The molecule has 1 aliphatic rings. The summed E-state index contributed by atoms with van der Waals surface area (Å²) in [5.74, 6) is 1.75. The molecule has 2 aromatic rings. The van der Waals surface area contributed by atoms with Gasteiger partial charge in [-0.3, -0.25) is 0 Å². The van der Waals surface area contributed by atoms with Crippen LogP contribution in [-0.2, 0) is 4.79 Å². The van der Waals surface area contributed by atoms with Crippen molar-refractivity contribution in [3.05, 3.63) is 82.5 Å². The van der Waals surface area contributed by atoms with Crippen LogP contribution in [0.4, 0.5) is 5.69 Å². The summed E-state index contributed by atoms with van der Waals surface area (Å²) in [7, 11) is 0. The van der Waals surface area contributed by atoms with Crippen LogP contribution in [0.15, 0.2) is 76.9 Å². The fourth-order valence-corrected chi connectivity index (χ4v) is 9.30. The molecule has 0 aliphatic heterocycles. The van der Waals surface area contributed by atoms with Crippen molar-refractivity contribution < 1.29 is 19.8 Å². The Balaban J connectivity index is 1.65. The maximum atomic E-state index is 14.8. The number of allylic oxidation sites excluding steroid dienone is 1. The molecule has 0 saturated carbocycles. The van der Waals surface area contributed by atoms with Crippen molar-refractivity contribution in [2.45, 2.75) is 130 Å². The number of hydrogen-bond donors (Lipinski definition) is 2. The summed E-state index contributed by atoms with van der Waals surface area (Å²) in [6, 6.07) is 16.5. The monoisotopic (exact) mass is 708 g/mol. The zero-order valence-corrected chi connectivity index (χ0v) is 31.8. The van der Waals surface area contributed by atoms with Crippen LogP contribution in [0.1, 0.15) is 130 Å². The first kappa shape index (κ1) is 38.9. The molecular weight excluding hydrogens is 649 g/mol. The zero-order valence-electron chi connectivity index (χ0n) is 30.1. The number of para-hydroxylation sites is 1. The van der Waals surface area contributed by atoms with Crippen molar-refractivity contribution in [2.24, 2.45) is 17.8 Å². The molecule has 0 saturated heterocycles. The molecule has 5 nitrogen and oxygen atoms in total. The topological polar surface area (TPSA) is 89.5 Å². The van der Waals surface area contributed by atoms with E-state index in [1.165, 1.54) is 38.5 Å². The van der Waals surface area contributed by atoms with Crippen LogP contribution in [0, 0.1) is 17.8 Å². The molecule has 3 rings (SSSR count). The van der Waals surface area contributed by atoms with E-state index >= 15 is 0 Å². The van der Waals surface area contributed by atoms with Gasteiger partial charge in [0, 0.05) is 0 Å². The quantitative estimate of drug-likeness (QED) is 0.153. The molecule has 0 radical (unpaired) electrons. The van der Waals surface area contributed by atoms with Crippen molar-refractivity contribution in [1.29, 1.82) is 0 Å². The molecule has 258 valence electrons. The van der Waals surface area contributed by atoms with E-state index < -0.39 is 25.1 Å². The summed E-state index contributed by atoms with van der Waals surface area (Å²) in [6.07, 6.45) is 10.3. The molecule has 1 amide bonds. The van der Waals surface area contributed by atoms with E-state index in [2.05, 4.69) is 33.0 Å². The average Bonchev–Trinajstić information content (AvgIpc) is 3.02. The number of carbonyl (C=O) groups excluding carboxylic acids is 2. The summed E-state index contributed by atoms with van der Waals surface area (Å²) in [5.41, 5.74) is 1.92. The molecule has 2 aromatic carbocycles. The second-order valence-electron chi connectivity index (χ2n) is 14.7. The Hall–Kier alpha value is -2.50. The fraction of sp³-hybridized carbons (Fsp3) is 0.561. The van der Waals surface area contributed by atoms with Gasteiger partial charge in [0.1, 0.15) is 0 Å². The molecule has 0 heterocycles. The van der Waals surface area contributed by atoms with Gasteiger partial charge in [-0.1, -0.05) is 40.0 Å². The third kappa shape index (κ3) is 11.3. The number of hydrogen-bond acceptors (Lipinski definition) is 4. The molecule has 4 unspecified atom stereocenters. The predicted molar refractivity (Wildman–Crippen MR) is 195 cm³/mol. The number of carbonyl (C=O) groups is 2. The molecule has 0 bridgehead atoms. The van der Waals surface area contributed by atoms with Crippen molar-refractivity contribution in [2.75, 3.05) is 5.32 Å². The second kappa shape index (κ2) is 17.8. The zero-order chi connectivity index (χ0) is 34.8. The number of ketones is 1. The molecule has 0 fully saturated rings.